The highest BCUT2D eigenvalue weighted by Crippen LogP contribution is 2.37. The van der Waals surface area contributed by atoms with E-state index in [0.717, 1.165) is 5.56 Å². The van der Waals surface area contributed by atoms with Crippen molar-refractivity contribution in [3.05, 3.63) is 165 Å². The first-order valence-corrected chi connectivity index (χ1v) is 16.2. The standard InChI is InChI=1S/C37H28Cl2N4O4S/c38-29-18-10-19-30(39)28(29)22-32(43-35(45)24-13-5-2-6-14-24)36(46)41-25-15-9-16-26(21-25)48-33(23-11-3-1-4-12-23)37(47)42-31-20-8-7-17-27(31)34(40)44/h1-22,33H,(H2,40,44)(H,41,46)(H,42,47)(H,43,45)/b32-22+. The molecule has 1 atom stereocenters. The number of hydrogen-bond acceptors (Lipinski definition) is 5. The fourth-order valence-corrected chi connectivity index (χ4v) is 6.21. The predicted octanol–water partition coefficient (Wildman–Crippen LogP) is 7.97. The highest BCUT2D eigenvalue weighted by molar-refractivity contribution is 8.00. The van der Waals surface area contributed by atoms with Crippen LogP contribution in [0.25, 0.3) is 6.08 Å². The Bertz CT molecular complexity index is 1990. The highest BCUT2D eigenvalue weighted by atomic mass is 35.5. The maximum Gasteiger partial charge on any atom is 0.272 e. The molecule has 11 heteroatoms. The number of para-hydroxylation sites is 1. The molecule has 0 saturated carbocycles. The van der Waals surface area contributed by atoms with Gasteiger partial charge in [-0.3, -0.25) is 19.2 Å². The van der Waals surface area contributed by atoms with E-state index in [9.17, 15) is 19.2 Å². The lowest BCUT2D eigenvalue weighted by molar-refractivity contribution is -0.116. The fourth-order valence-electron chi connectivity index (χ4n) is 4.62. The van der Waals surface area contributed by atoms with E-state index >= 15 is 0 Å². The summed E-state index contributed by atoms with van der Waals surface area (Å²) in [6.07, 6.45) is 1.42. The first kappa shape index (κ1) is 34.0. The molecule has 8 nitrogen and oxygen atoms in total. The van der Waals surface area contributed by atoms with E-state index < -0.39 is 23.0 Å². The number of carbonyl (C=O) groups excluding carboxylic acids is 4. The topological polar surface area (TPSA) is 130 Å². The highest BCUT2D eigenvalue weighted by Gasteiger charge is 2.24. The normalized spacial score (nSPS) is 11.7. The summed E-state index contributed by atoms with van der Waals surface area (Å²) in [5.74, 6) is -2.17. The monoisotopic (exact) mass is 694 g/mol. The molecule has 5 rings (SSSR count). The molecule has 0 spiro atoms. The number of carbonyl (C=O) groups is 4. The summed E-state index contributed by atoms with van der Waals surface area (Å²) in [6, 6.07) is 36.0. The summed E-state index contributed by atoms with van der Waals surface area (Å²) in [6.45, 7) is 0. The van der Waals surface area contributed by atoms with Crippen molar-refractivity contribution in [2.75, 3.05) is 10.6 Å². The molecule has 0 aliphatic carbocycles. The molecule has 240 valence electrons. The molecule has 4 amide bonds. The number of hydrogen-bond donors (Lipinski definition) is 4. The lowest BCUT2D eigenvalue weighted by atomic mass is 10.1. The van der Waals surface area contributed by atoms with Crippen LogP contribution < -0.4 is 21.7 Å². The number of nitrogens with one attached hydrogen (secondary N) is 3. The van der Waals surface area contributed by atoms with Gasteiger partial charge in [0.2, 0.25) is 5.91 Å². The quantitative estimate of drug-likeness (QED) is 0.0823. The van der Waals surface area contributed by atoms with Crippen LogP contribution in [0.1, 0.15) is 37.1 Å². The van der Waals surface area contributed by atoms with Crippen LogP contribution in [0.3, 0.4) is 0 Å². The zero-order valence-electron chi connectivity index (χ0n) is 25.2. The van der Waals surface area contributed by atoms with E-state index in [2.05, 4.69) is 16.0 Å². The van der Waals surface area contributed by atoms with Crippen molar-refractivity contribution in [1.82, 2.24) is 5.32 Å². The Morgan fingerprint density at radius 3 is 2.02 bits per heavy atom. The summed E-state index contributed by atoms with van der Waals surface area (Å²) in [4.78, 5) is 53.0. The lowest BCUT2D eigenvalue weighted by Gasteiger charge is -2.18. The summed E-state index contributed by atoms with van der Waals surface area (Å²) >= 11 is 14.0. The molecule has 0 radical (unpaired) electrons. The molecule has 5 aromatic carbocycles. The van der Waals surface area contributed by atoms with E-state index in [4.69, 9.17) is 28.9 Å². The van der Waals surface area contributed by atoms with Gasteiger partial charge in [0.15, 0.2) is 0 Å². The van der Waals surface area contributed by atoms with Gasteiger partial charge < -0.3 is 21.7 Å². The van der Waals surface area contributed by atoms with Crippen LogP contribution in [-0.4, -0.2) is 23.6 Å². The van der Waals surface area contributed by atoms with Gasteiger partial charge in [0.05, 0.1) is 11.3 Å². The molecular weight excluding hydrogens is 667 g/mol. The van der Waals surface area contributed by atoms with E-state index in [-0.39, 0.29) is 17.2 Å². The molecule has 0 heterocycles. The summed E-state index contributed by atoms with van der Waals surface area (Å²) in [5, 5.41) is 8.20. The smallest absolute Gasteiger partial charge is 0.272 e. The lowest BCUT2D eigenvalue weighted by Crippen LogP contribution is -2.30. The fraction of sp³-hybridized carbons (Fsp3) is 0.0270. The van der Waals surface area contributed by atoms with E-state index in [1.165, 1.54) is 17.8 Å². The second kappa shape index (κ2) is 16.0. The van der Waals surface area contributed by atoms with E-state index in [0.29, 0.717) is 37.4 Å². The van der Waals surface area contributed by atoms with Crippen molar-refractivity contribution in [1.29, 1.82) is 0 Å². The third-order valence-corrected chi connectivity index (χ3v) is 8.86. The van der Waals surface area contributed by atoms with Crippen LogP contribution in [-0.2, 0) is 9.59 Å². The average molecular weight is 696 g/mol. The van der Waals surface area contributed by atoms with Gasteiger partial charge in [-0.15, -0.1) is 11.8 Å². The number of rotatable bonds is 11. The van der Waals surface area contributed by atoms with Crippen molar-refractivity contribution in [3.8, 4) is 0 Å². The van der Waals surface area contributed by atoms with Crippen molar-refractivity contribution in [2.24, 2.45) is 5.73 Å². The van der Waals surface area contributed by atoms with Crippen molar-refractivity contribution >= 4 is 76.0 Å². The van der Waals surface area contributed by atoms with Crippen molar-refractivity contribution in [3.63, 3.8) is 0 Å². The van der Waals surface area contributed by atoms with E-state index in [1.807, 2.05) is 30.3 Å². The van der Waals surface area contributed by atoms with Gasteiger partial charge in [-0.2, -0.15) is 0 Å². The number of nitrogens with two attached hydrogens (primary N) is 1. The maximum absolute atomic E-state index is 13.7. The van der Waals surface area contributed by atoms with Gasteiger partial charge in [0, 0.05) is 31.8 Å². The Labute approximate surface area is 291 Å². The van der Waals surface area contributed by atoms with Gasteiger partial charge in [0.25, 0.3) is 17.7 Å². The van der Waals surface area contributed by atoms with Gasteiger partial charge >= 0.3 is 0 Å². The Kier molecular flexibility index (Phi) is 11.3. The molecule has 0 aliphatic heterocycles. The predicted molar refractivity (Wildman–Crippen MR) is 192 cm³/mol. The number of halogens is 2. The zero-order valence-corrected chi connectivity index (χ0v) is 27.5. The molecule has 0 bridgehead atoms. The molecule has 0 aromatic heterocycles. The largest absolute Gasteiger partial charge is 0.366 e. The molecule has 0 saturated heterocycles. The SMILES string of the molecule is NC(=O)c1ccccc1NC(=O)C(Sc1cccc(NC(=O)/C(=C\c2c(Cl)cccc2Cl)NC(=O)c2ccccc2)c1)c1ccccc1. The minimum Gasteiger partial charge on any atom is -0.366 e. The summed E-state index contributed by atoms with van der Waals surface area (Å²) in [7, 11) is 0. The van der Waals surface area contributed by atoms with Crippen molar-refractivity contribution in [2.45, 2.75) is 10.1 Å². The third kappa shape index (κ3) is 8.71. The average Bonchev–Trinajstić information content (AvgIpc) is 3.09. The maximum atomic E-state index is 13.7. The van der Waals surface area contributed by atoms with Crippen molar-refractivity contribution < 1.29 is 19.2 Å². The molecule has 5 N–H and O–H groups in total. The number of anilines is 2. The van der Waals surface area contributed by atoms with Crippen LogP contribution in [0.15, 0.2) is 138 Å². The van der Waals surface area contributed by atoms with E-state index in [1.54, 1.807) is 97.1 Å². The van der Waals surface area contributed by atoms with Crippen LogP contribution >= 0.6 is 35.0 Å². The minimum absolute atomic E-state index is 0.0911. The second-order valence-electron chi connectivity index (χ2n) is 10.3. The Morgan fingerprint density at radius 2 is 1.33 bits per heavy atom. The first-order valence-electron chi connectivity index (χ1n) is 14.5. The molecule has 0 fully saturated rings. The molecular formula is C37H28Cl2N4O4S. The Hall–Kier alpha value is -5.35. The Morgan fingerprint density at radius 1 is 0.708 bits per heavy atom. The zero-order chi connectivity index (χ0) is 34.0. The number of amides is 4. The van der Waals surface area contributed by atoms with Gasteiger partial charge in [-0.1, -0.05) is 96.0 Å². The summed E-state index contributed by atoms with van der Waals surface area (Å²) < 4.78 is 0. The van der Waals surface area contributed by atoms with Crippen LogP contribution in [0.5, 0.6) is 0 Å². The van der Waals surface area contributed by atoms with Crippen LogP contribution in [0, 0.1) is 0 Å². The molecule has 0 aliphatic rings. The Balaban J connectivity index is 1.41. The van der Waals surface area contributed by atoms with Gasteiger partial charge in [-0.05, 0) is 66.2 Å². The molecule has 5 aromatic rings. The number of thioether (sulfide) groups is 1. The third-order valence-electron chi connectivity index (χ3n) is 6.95. The second-order valence-corrected chi connectivity index (χ2v) is 12.3. The minimum atomic E-state index is -0.735. The molecule has 48 heavy (non-hydrogen) atoms. The number of primary amides is 1. The van der Waals surface area contributed by atoms with Gasteiger partial charge in [0.1, 0.15) is 10.9 Å². The van der Waals surface area contributed by atoms with Crippen LogP contribution in [0.4, 0.5) is 11.4 Å². The van der Waals surface area contributed by atoms with Gasteiger partial charge in [-0.25, -0.2) is 0 Å². The first-order chi connectivity index (χ1) is 23.2. The molecule has 1 unspecified atom stereocenters. The van der Waals surface area contributed by atoms with Crippen LogP contribution in [0.2, 0.25) is 10.0 Å². The summed E-state index contributed by atoms with van der Waals surface area (Å²) in [5.41, 5.74) is 7.75. The number of benzene rings is 5.